The standard InChI is InChI=1S/C19H18N4O/c24-19(16-8-10-17(11-9-16)23-13-20-12-21-23)22-18(15-6-7-15)14-4-2-1-3-5-14/h1-5,8-13,15,18H,6-7H2,(H,22,24). The van der Waals surface area contributed by atoms with Crippen LogP contribution in [0.3, 0.4) is 0 Å². The van der Waals surface area contributed by atoms with Crippen molar-refractivity contribution in [2.24, 2.45) is 5.92 Å². The zero-order valence-electron chi connectivity index (χ0n) is 13.2. The van der Waals surface area contributed by atoms with E-state index < -0.39 is 0 Å². The number of nitrogens with zero attached hydrogens (tertiary/aromatic N) is 3. The van der Waals surface area contributed by atoms with Crippen LogP contribution in [0.15, 0.2) is 67.3 Å². The first-order valence-electron chi connectivity index (χ1n) is 8.12. The van der Waals surface area contributed by atoms with E-state index in [0.29, 0.717) is 11.5 Å². The number of carbonyl (C=O) groups excluding carboxylic acids is 1. The molecule has 0 spiro atoms. The molecule has 120 valence electrons. The lowest BCUT2D eigenvalue weighted by Crippen LogP contribution is -2.29. The maximum Gasteiger partial charge on any atom is 0.251 e. The maximum atomic E-state index is 12.6. The van der Waals surface area contributed by atoms with Gasteiger partial charge >= 0.3 is 0 Å². The topological polar surface area (TPSA) is 59.8 Å². The van der Waals surface area contributed by atoms with Crippen LogP contribution in [0.2, 0.25) is 0 Å². The molecule has 1 N–H and O–H groups in total. The highest BCUT2D eigenvalue weighted by atomic mass is 16.1. The summed E-state index contributed by atoms with van der Waals surface area (Å²) in [5.41, 5.74) is 2.71. The Bertz CT molecular complexity index is 808. The van der Waals surface area contributed by atoms with Crippen LogP contribution in [0.5, 0.6) is 0 Å². The lowest BCUT2D eigenvalue weighted by Gasteiger charge is -2.19. The van der Waals surface area contributed by atoms with Crippen LogP contribution in [-0.2, 0) is 0 Å². The van der Waals surface area contributed by atoms with E-state index in [1.165, 1.54) is 24.7 Å². The van der Waals surface area contributed by atoms with Crippen LogP contribution in [-0.4, -0.2) is 20.7 Å². The van der Waals surface area contributed by atoms with Gasteiger partial charge in [-0.1, -0.05) is 30.3 Å². The Morgan fingerprint density at radius 1 is 1.08 bits per heavy atom. The van der Waals surface area contributed by atoms with E-state index in [0.717, 1.165) is 5.69 Å². The van der Waals surface area contributed by atoms with Crippen LogP contribution in [0, 0.1) is 5.92 Å². The van der Waals surface area contributed by atoms with Crippen molar-refractivity contribution in [3.8, 4) is 5.69 Å². The number of aromatic nitrogens is 3. The predicted octanol–water partition coefficient (Wildman–Crippen LogP) is 3.15. The van der Waals surface area contributed by atoms with Gasteiger partial charge in [-0.25, -0.2) is 9.67 Å². The summed E-state index contributed by atoms with van der Waals surface area (Å²) in [5.74, 6) is 0.506. The highest BCUT2D eigenvalue weighted by Gasteiger charge is 2.33. The second kappa shape index (κ2) is 6.28. The first-order chi connectivity index (χ1) is 11.8. The van der Waals surface area contributed by atoms with Crippen LogP contribution in [0.1, 0.15) is 34.8 Å². The van der Waals surface area contributed by atoms with Crippen LogP contribution >= 0.6 is 0 Å². The minimum atomic E-state index is -0.0408. The van der Waals surface area contributed by atoms with Gasteiger partial charge in [-0.05, 0) is 48.6 Å². The molecule has 5 nitrogen and oxygen atoms in total. The minimum Gasteiger partial charge on any atom is -0.345 e. The molecule has 1 fully saturated rings. The molecule has 1 aliphatic carbocycles. The van der Waals surface area contributed by atoms with Gasteiger partial charge in [-0.3, -0.25) is 4.79 Å². The summed E-state index contributed by atoms with van der Waals surface area (Å²) >= 11 is 0. The number of rotatable bonds is 5. The van der Waals surface area contributed by atoms with E-state index in [2.05, 4.69) is 27.5 Å². The van der Waals surface area contributed by atoms with Crippen LogP contribution < -0.4 is 5.32 Å². The molecule has 1 atom stereocenters. The molecule has 4 rings (SSSR count). The molecule has 5 heteroatoms. The van der Waals surface area contributed by atoms with E-state index >= 15 is 0 Å². The second-order valence-electron chi connectivity index (χ2n) is 6.09. The highest BCUT2D eigenvalue weighted by Crippen LogP contribution is 2.41. The van der Waals surface area contributed by atoms with Gasteiger partial charge in [-0.15, -0.1) is 0 Å². The molecule has 0 bridgehead atoms. The Morgan fingerprint density at radius 2 is 1.83 bits per heavy atom. The molecule has 0 radical (unpaired) electrons. The molecular formula is C19H18N4O. The summed E-state index contributed by atoms with van der Waals surface area (Å²) in [4.78, 5) is 16.5. The number of hydrogen-bond donors (Lipinski definition) is 1. The van der Waals surface area contributed by atoms with Gasteiger partial charge in [0.15, 0.2) is 0 Å². The normalized spacial score (nSPS) is 15.0. The smallest absolute Gasteiger partial charge is 0.251 e. The molecule has 0 saturated heterocycles. The van der Waals surface area contributed by atoms with Gasteiger partial charge in [0.2, 0.25) is 0 Å². The van der Waals surface area contributed by atoms with E-state index in [1.54, 1.807) is 11.0 Å². The number of hydrogen-bond acceptors (Lipinski definition) is 3. The molecule has 0 aliphatic heterocycles. The molecular weight excluding hydrogens is 300 g/mol. The zero-order valence-corrected chi connectivity index (χ0v) is 13.2. The van der Waals surface area contributed by atoms with Crippen molar-refractivity contribution in [3.05, 3.63) is 78.4 Å². The Kier molecular flexibility index (Phi) is 3.83. The Morgan fingerprint density at radius 3 is 2.46 bits per heavy atom. The molecule has 1 aromatic heterocycles. The van der Waals surface area contributed by atoms with E-state index in [9.17, 15) is 4.79 Å². The van der Waals surface area contributed by atoms with E-state index in [-0.39, 0.29) is 11.9 Å². The summed E-state index contributed by atoms with van der Waals surface area (Å²) < 4.78 is 1.67. The summed E-state index contributed by atoms with van der Waals surface area (Å²) in [6, 6.07) is 17.7. The predicted molar refractivity (Wildman–Crippen MR) is 90.7 cm³/mol. The minimum absolute atomic E-state index is 0.0408. The van der Waals surface area contributed by atoms with Crippen molar-refractivity contribution >= 4 is 5.91 Å². The largest absolute Gasteiger partial charge is 0.345 e. The highest BCUT2D eigenvalue weighted by molar-refractivity contribution is 5.94. The first-order valence-corrected chi connectivity index (χ1v) is 8.12. The maximum absolute atomic E-state index is 12.6. The fourth-order valence-electron chi connectivity index (χ4n) is 2.89. The van der Waals surface area contributed by atoms with Gasteiger partial charge in [0, 0.05) is 5.56 Å². The lowest BCUT2D eigenvalue weighted by molar-refractivity contribution is 0.0931. The van der Waals surface area contributed by atoms with E-state index in [4.69, 9.17) is 0 Å². The molecule has 1 unspecified atom stereocenters. The van der Waals surface area contributed by atoms with Crippen molar-refractivity contribution in [3.63, 3.8) is 0 Å². The quantitative estimate of drug-likeness (QED) is 0.786. The van der Waals surface area contributed by atoms with Gasteiger partial charge in [0.05, 0.1) is 11.7 Å². The Hall–Kier alpha value is -2.95. The van der Waals surface area contributed by atoms with Gasteiger partial charge < -0.3 is 5.32 Å². The molecule has 24 heavy (non-hydrogen) atoms. The van der Waals surface area contributed by atoms with Crippen molar-refractivity contribution in [2.45, 2.75) is 18.9 Å². The molecule has 1 amide bonds. The van der Waals surface area contributed by atoms with Crippen LogP contribution in [0.4, 0.5) is 0 Å². The third-order valence-corrected chi connectivity index (χ3v) is 4.35. The average molecular weight is 318 g/mol. The fourth-order valence-corrected chi connectivity index (χ4v) is 2.89. The summed E-state index contributed by atoms with van der Waals surface area (Å²) in [6.07, 6.45) is 5.46. The fraction of sp³-hybridized carbons (Fsp3) is 0.211. The molecule has 2 aromatic carbocycles. The molecule has 1 aliphatic rings. The third-order valence-electron chi connectivity index (χ3n) is 4.35. The third kappa shape index (κ3) is 3.06. The lowest BCUT2D eigenvalue weighted by atomic mass is 10.0. The number of amides is 1. The van der Waals surface area contributed by atoms with Crippen molar-refractivity contribution < 1.29 is 4.79 Å². The van der Waals surface area contributed by atoms with Crippen molar-refractivity contribution in [2.75, 3.05) is 0 Å². The molecule has 3 aromatic rings. The summed E-state index contributed by atoms with van der Waals surface area (Å²) in [6.45, 7) is 0. The molecule has 1 saturated carbocycles. The van der Waals surface area contributed by atoms with Crippen LogP contribution in [0.25, 0.3) is 5.69 Å². The Balaban J connectivity index is 1.51. The Labute approximate surface area is 140 Å². The monoisotopic (exact) mass is 318 g/mol. The van der Waals surface area contributed by atoms with Gasteiger partial charge in [0.1, 0.15) is 12.7 Å². The molecule has 1 heterocycles. The zero-order chi connectivity index (χ0) is 16.4. The average Bonchev–Trinajstić information content (AvgIpc) is 3.33. The van der Waals surface area contributed by atoms with Gasteiger partial charge in [0.25, 0.3) is 5.91 Å². The number of benzene rings is 2. The van der Waals surface area contributed by atoms with Crippen molar-refractivity contribution in [1.29, 1.82) is 0 Å². The number of carbonyl (C=O) groups is 1. The second-order valence-corrected chi connectivity index (χ2v) is 6.09. The number of nitrogens with one attached hydrogen (secondary N) is 1. The van der Waals surface area contributed by atoms with Gasteiger partial charge in [-0.2, -0.15) is 5.10 Å². The van der Waals surface area contributed by atoms with E-state index in [1.807, 2.05) is 42.5 Å². The van der Waals surface area contributed by atoms with Crippen molar-refractivity contribution in [1.82, 2.24) is 20.1 Å². The first kappa shape index (κ1) is 14.6. The summed E-state index contributed by atoms with van der Waals surface area (Å²) in [7, 11) is 0. The SMILES string of the molecule is O=C(NC(c1ccccc1)C1CC1)c1ccc(-n2cncn2)cc1. The summed E-state index contributed by atoms with van der Waals surface area (Å²) in [5, 5.41) is 7.28.